The van der Waals surface area contributed by atoms with Gasteiger partial charge in [0.2, 0.25) is 0 Å². The summed E-state index contributed by atoms with van der Waals surface area (Å²) in [5.74, 6) is 1.02. The Morgan fingerprint density at radius 1 is 0.879 bits per heavy atom. The molecule has 0 N–H and O–H groups in total. The van der Waals surface area contributed by atoms with E-state index in [-0.39, 0.29) is 5.91 Å². The van der Waals surface area contributed by atoms with Gasteiger partial charge in [-0.2, -0.15) is 0 Å². The molecule has 0 bridgehead atoms. The third-order valence-corrected chi connectivity index (χ3v) is 6.54. The number of rotatable bonds is 4. The van der Waals surface area contributed by atoms with Crippen LogP contribution in [0.15, 0.2) is 101 Å². The average molecular weight is 584 g/mol. The monoisotopic (exact) mass is 583 g/mol. The van der Waals surface area contributed by atoms with Crippen molar-refractivity contribution >= 4 is 69.2 Å². The van der Waals surface area contributed by atoms with Gasteiger partial charge in [0.05, 0.1) is 10.7 Å². The molecule has 0 spiro atoms. The van der Waals surface area contributed by atoms with Crippen molar-refractivity contribution in [3.05, 3.63) is 122 Å². The van der Waals surface area contributed by atoms with E-state index in [1.165, 1.54) is 0 Å². The second-order valence-electron chi connectivity index (χ2n) is 7.44. The maximum atomic E-state index is 13.5. The summed E-state index contributed by atoms with van der Waals surface area (Å²) in [6, 6.07) is 26.6. The first-order chi connectivity index (χ1) is 16.0. The Hall–Kier alpha value is -2.80. The molecule has 5 rings (SSSR count). The van der Waals surface area contributed by atoms with Crippen molar-refractivity contribution < 1.29 is 9.21 Å². The summed E-state index contributed by atoms with van der Waals surface area (Å²) < 4.78 is 7.10. The Morgan fingerprint density at radius 3 is 2.39 bits per heavy atom. The molecule has 0 saturated heterocycles. The van der Waals surface area contributed by atoms with Crippen LogP contribution in [-0.2, 0) is 4.79 Å². The molecule has 1 amide bonds. The van der Waals surface area contributed by atoms with E-state index in [1.807, 2.05) is 72.8 Å². The van der Waals surface area contributed by atoms with Gasteiger partial charge in [-0.05, 0) is 94.9 Å². The number of carbonyl (C=O) groups excluding carboxylic acids is 1. The van der Waals surface area contributed by atoms with E-state index >= 15 is 0 Å². The molecule has 3 nitrogen and oxygen atoms in total. The molecule has 0 unspecified atom stereocenters. The smallest absolute Gasteiger partial charge is 0.263 e. The minimum absolute atomic E-state index is 0.117. The van der Waals surface area contributed by atoms with Crippen LogP contribution in [0.3, 0.4) is 0 Å². The van der Waals surface area contributed by atoms with E-state index in [0.29, 0.717) is 32.7 Å². The Bertz CT molecular complexity index is 1410. The molecule has 0 saturated carbocycles. The molecule has 1 aliphatic rings. The summed E-state index contributed by atoms with van der Waals surface area (Å²) in [6.07, 6.45) is 3.64. The minimum Gasteiger partial charge on any atom is -0.457 e. The van der Waals surface area contributed by atoms with Gasteiger partial charge >= 0.3 is 0 Å². The van der Waals surface area contributed by atoms with Gasteiger partial charge in [0.25, 0.3) is 5.91 Å². The van der Waals surface area contributed by atoms with Crippen LogP contribution in [0.2, 0.25) is 10.0 Å². The second kappa shape index (κ2) is 9.21. The number of carbonyl (C=O) groups is 1. The number of hydrogen-bond donors (Lipinski definition) is 0. The predicted octanol–water partition coefficient (Wildman–Crippen LogP) is 8.33. The predicted molar refractivity (Wildman–Crippen MR) is 143 cm³/mol. The second-order valence-corrected chi connectivity index (χ2v) is 9.53. The first-order valence-electron chi connectivity index (χ1n) is 10.1. The lowest BCUT2D eigenvalue weighted by Crippen LogP contribution is -2.24. The first kappa shape index (κ1) is 22.0. The van der Waals surface area contributed by atoms with E-state index in [1.54, 1.807) is 29.2 Å². The first-order valence-corrected chi connectivity index (χ1v) is 12.0. The number of furan rings is 1. The Labute approximate surface area is 215 Å². The third-order valence-electron chi connectivity index (χ3n) is 5.26. The molecule has 1 aromatic heterocycles. The van der Waals surface area contributed by atoms with Gasteiger partial charge in [-0.25, -0.2) is 0 Å². The molecule has 6 heteroatoms. The molecule has 1 aliphatic heterocycles. The molecule has 0 atom stereocenters. The molecule has 4 aromatic rings. The van der Waals surface area contributed by atoms with E-state index in [9.17, 15) is 4.79 Å². The van der Waals surface area contributed by atoms with Crippen molar-refractivity contribution in [3.8, 4) is 11.3 Å². The normalized spacial score (nSPS) is 14.8. The average Bonchev–Trinajstić information content (AvgIpc) is 3.42. The summed E-state index contributed by atoms with van der Waals surface area (Å²) >= 11 is 14.7. The van der Waals surface area contributed by atoms with Gasteiger partial charge in [0.1, 0.15) is 11.5 Å². The summed E-state index contributed by atoms with van der Waals surface area (Å²) in [4.78, 5) is 15.2. The number of anilines is 1. The quantitative estimate of drug-likeness (QED) is 0.179. The van der Waals surface area contributed by atoms with Gasteiger partial charge in [-0.3, -0.25) is 9.69 Å². The molecule has 3 aromatic carbocycles. The Morgan fingerprint density at radius 2 is 1.64 bits per heavy atom. The summed E-state index contributed by atoms with van der Waals surface area (Å²) in [5, 5.41) is 1.11. The van der Waals surface area contributed by atoms with Gasteiger partial charge in [0.15, 0.2) is 0 Å². The summed E-state index contributed by atoms with van der Waals surface area (Å²) in [7, 11) is 0. The Kier molecular flexibility index (Phi) is 6.15. The largest absolute Gasteiger partial charge is 0.457 e. The highest BCUT2D eigenvalue weighted by atomic mass is 127. The van der Waals surface area contributed by atoms with Crippen LogP contribution in [0.5, 0.6) is 0 Å². The van der Waals surface area contributed by atoms with Crippen LogP contribution in [0.1, 0.15) is 11.3 Å². The standard InChI is InChI=1S/C27H16Cl2INO2/c28-19-6-12-24(29)23(16-19)26-13-11-22(33-26)14-18-15-25(17-4-2-1-3-5-17)31(27(18)32)21-9-7-20(30)8-10-21/h1-16H/b18-14+. The maximum Gasteiger partial charge on any atom is 0.263 e. The van der Waals surface area contributed by atoms with Crippen LogP contribution in [-0.4, -0.2) is 5.91 Å². The molecular formula is C27H16Cl2INO2. The summed E-state index contributed by atoms with van der Waals surface area (Å²) in [5.41, 5.74) is 3.82. The lowest BCUT2D eigenvalue weighted by Gasteiger charge is -2.20. The molecule has 33 heavy (non-hydrogen) atoms. The van der Waals surface area contributed by atoms with Gasteiger partial charge in [-0.1, -0.05) is 53.5 Å². The molecule has 0 aliphatic carbocycles. The zero-order chi connectivity index (χ0) is 22.9. The van der Waals surface area contributed by atoms with Crippen molar-refractivity contribution in [3.63, 3.8) is 0 Å². The Balaban J connectivity index is 1.55. The van der Waals surface area contributed by atoms with E-state index < -0.39 is 0 Å². The van der Waals surface area contributed by atoms with Crippen LogP contribution in [0.25, 0.3) is 23.1 Å². The lowest BCUT2D eigenvalue weighted by molar-refractivity contribution is -0.113. The number of amides is 1. The fourth-order valence-corrected chi connectivity index (χ4v) is 4.44. The third kappa shape index (κ3) is 4.51. The van der Waals surface area contributed by atoms with Crippen LogP contribution in [0.4, 0.5) is 5.69 Å². The molecule has 162 valence electrons. The fourth-order valence-electron chi connectivity index (χ4n) is 3.70. The zero-order valence-corrected chi connectivity index (χ0v) is 20.8. The highest BCUT2D eigenvalue weighted by Gasteiger charge is 2.30. The minimum atomic E-state index is -0.117. The van der Waals surface area contributed by atoms with Gasteiger partial charge in [0, 0.05) is 25.4 Å². The number of nitrogens with zero attached hydrogens (tertiary/aromatic N) is 1. The molecular weight excluding hydrogens is 568 g/mol. The molecule has 2 heterocycles. The van der Waals surface area contributed by atoms with E-state index in [0.717, 1.165) is 20.5 Å². The zero-order valence-electron chi connectivity index (χ0n) is 17.1. The van der Waals surface area contributed by atoms with Crippen molar-refractivity contribution in [2.45, 2.75) is 0 Å². The maximum absolute atomic E-state index is 13.5. The van der Waals surface area contributed by atoms with E-state index in [4.69, 9.17) is 27.6 Å². The van der Waals surface area contributed by atoms with Crippen LogP contribution >= 0.6 is 45.8 Å². The number of benzene rings is 3. The van der Waals surface area contributed by atoms with Gasteiger partial charge in [-0.15, -0.1) is 0 Å². The lowest BCUT2D eigenvalue weighted by atomic mass is 10.1. The van der Waals surface area contributed by atoms with Gasteiger partial charge < -0.3 is 4.42 Å². The topological polar surface area (TPSA) is 33.5 Å². The van der Waals surface area contributed by atoms with Crippen LogP contribution < -0.4 is 4.90 Å². The van der Waals surface area contributed by atoms with Crippen LogP contribution in [0, 0.1) is 3.57 Å². The molecule has 0 fully saturated rings. The highest BCUT2D eigenvalue weighted by Crippen LogP contribution is 2.36. The van der Waals surface area contributed by atoms with Crippen molar-refractivity contribution in [2.75, 3.05) is 4.90 Å². The SMILES string of the molecule is O=C1/C(=C/c2ccc(-c3cc(Cl)ccc3Cl)o2)C=C(c2ccccc2)N1c1ccc(I)cc1. The highest BCUT2D eigenvalue weighted by molar-refractivity contribution is 14.1. The fraction of sp³-hybridized carbons (Fsp3) is 0. The summed E-state index contributed by atoms with van der Waals surface area (Å²) in [6.45, 7) is 0. The number of hydrogen-bond acceptors (Lipinski definition) is 2. The van der Waals surface area contributed by atoms with Crippen molar-refractivity contribution in [1.82, 2.24) is 0 Å². The van der Waals surface area contributed by atoms with E-state index in [2.05, 4.69) is 22.6 Å². The van der Waals surface area contributed by atoms with Crippen molar-refractivity contribution in [2.24, 2.45) is 0 Å². The number of halogens is 3. The van der Waals surface area contributed by atoms with Crippen molar-refractivity contribution in [1.29, 1.82) is 0 Å². The molecule has 0 radical (unpaired) electrons.